The maximum Gasteiger partial charge on any atom is 0.254 e. The highest BCUT2D eigenvalue weighted by Crippen LogP contribution is 2.25. The molecule has 2 aromatic rings. The second kappa shape index (κ2) is 6.32. The van der Waals surface area contributed by atoms with Gasteiger partial charge in [-0.2, -0.15) is 0 Å². The van der Waals surface area contributed by atoms with Crippen molar-refractivity contribution < 1.29 is 22.0 Å². The third-order valence-electron chi connectivity index (χ3n) is 4.11. The summed E-state index contributed by atoms with van der Waals surface area (Å²) in [5, 5.41) is -0.700. The standard InChI is InChI=1S/C17H15F2NO3S/c18-15-7-6-12(10-16(15)19)17(21)20-9-8-14(11-20)24(22,23)13-4-2-1-3-5-13/h1-7,10,14H,8-9,11H2. The highest BCUT2D eigenvalue weighted by Gasteiger charge is 2.36. The minimum atomic E-state index is -3.53. The number of sulfone groups is 1. The van der Waals surface area contributed by atoms with Gasteiger partial charge >= 0.3 is 0 Å². The van der Waals surface area contributed by atoms with Crippen LogP contribution in [0.2, 0.25) is 0 Å². The first kappa shape index (κ1) is 16.6. The molecular formula is C17H15F2NO3S. The molecule has 3 rings (SSSR count). The second-order valence-corrected chi connectivity index (χ2v) is 7.88. The predicted octanol–water partition coefficient (Wildman–Crippen LogP) is 2.65. The van der Waals surface area contributed by atoms with Gasteiger partial charge in [-0.1, -0.05) is 18.2 Å². The average molecular weight is 351 g/mol. The first-order valence-electron chi connectivity index (χ1n) is 7.43. The number of hydrogen-bond acceptors (Lipinski definition) is 3. The zero-order chi connectivity index (χ0) is 17.3. The van der Waals surface area contributed by atoms with Gasteiger partial charge in [0.25, 0.3) is 5.91 Å². The maximum absolute atomic E-state index is 13.3. The Balaban J connectivity index is 1.78. The van der Waals surface area contributed by atoms with Crippen LogP contribution < -0.4 is 0 Å². The van der Waals surface area contributed by atoms with Gasteiger partial charge < -0.3 is 4.90 Å². The minimum Gasteiger partial charge on any atom is -0.337 e. The summed E-state index contributed by atoms with van der Waals surface area (Å²) in [4.78, 5) is 13.9. The minimum absolute atomic E-state index is 0.00617. The third kappa shape index (κ3) is 3.03. The Morgan fingerprint density at radius 1 is 1.04 bits per heavy atom. The van der Waals surface area contributed by atoms with Crippen molar-refractivity contribution in [3.05, 3.63) is 65.7 Å². The number of carbonyl (C=O) groups is 1. The first-order chi connectivity index (χ1) is 11.4. The predicted molar refractivity (Wildman–Crippen MR) is 84.3 cm³/mol. The summed E-state index contributed by atoms with van der Waals surface area (Å²) in [7, 11) is -3.53. The van der Waals surface area contributed by atoms with Gasteiger partial charge in [0.15, 0.2) is 21.5 Å². The van der Waals surface area contributed by atoms with Gasteiger partial charge in [0.1, 0.15) is 0 Å². The smallest absolute Gasteiger partial charge is 0.254 e. The molecule has 0 radical (unpaired) electrons. The number of likely N-dealkylation sites (tertiary alicyclic amines) is 1. The summed E-state index contributed by atoms with van der Waals surface area (Å²) in [5.41, 5.74) is 0.00617. The maximum atomic E-state index is 13.3. The fourth-order valence-corrected chi connectivity index (χ4v) is 4.49. The van der Waals surface area contributed by atoms with Gasteiger partial charge in [0.2, 0.25) is 0 Å². The van der Waals surface area contributed by atoms with Gasteiger partial charge in [0, 0.05) is 18.7 Å². The lowest BCUT2D eigenvalue weighted by Crippen LogP contribution is -2.32. The fourth-order valence-electron chi connectivity index (χ4n) is 2.78. The zero-order valence-electron chi connectivity index (χ0n) is 12.7. The Morgan fingerprint density at radius 3 is 2.42 bits per heavy atom. The summed E-state index contributed by atoms with van der Waals surface area (Å²) in [6.07, 6.45) is 0.312. The quantitative estimate of drug-likeness (QED) is 0.854. The van der Waals surface area contributed by atoms with Gasteiger partial charge in [0.05, 0.1) is 10.1 Å². The molecule has 1 heterocycles. The number of amides is 1. The van der Waals surface area contributed by atoms with Crippen LogP contribution in [0.1, 0.15) is 16.8 Å². The summed E-state index contributed by atoms with van der Waals surface area (Å²) in [6.45, 7) is 0.295. The monoisotopic (exact) mass is 351 g/mol. The number of benzene rings is 2. The molecule has 1 aliphatic heterocycles. The van der Waals surface area contributed by atoms with Crippen molar-refractivity contribution in [3.8, 4) is 0 Å². The summed E-state index contributed by atoms with van der Waals surface area (Å²) in [5.74, 6) is -2.63. The molecule has 24 heavy (non-hydrogen) atoms. The van der Waals surface area contributed by atoms with Crippen LogP contribution in [0.3, 0.4) is 0 Å². The number of hydrogen-bond donors (Lipinski definition) is 0. The Bertz CT molecular complexity index is 869. The van der Waals surface area contributed by atoms with Crippen molar-refractivity contribution in [2.24, 2.45) is 0 Å². The molecular weight excluding hydrogens is 336 g/mol. The van der Waals surface area contributed by atoms with E-state index in [1.807, 2.05) is 0 Å². The Kier molecular flexibility index (Phi) is 4.36. The SMILES string of the molecule is O=C(c1ccc(F)c(F)c1)N1CCC(S(=O)(=O)c2ccccc2)C1. The summed E-state index contributed by atoms with van der Waals surface area (Å²) in [6, 6.07) is 11.0. The average Bonchev–Trinajstić information content (AvgIpc) is 3.08. The van der Waals surface area contributed by atoms with Crippen LogP contribution >= 0.6 is 0 Å². The van der Waals surface area contributed by atoms with Crippen LogP contribution in [0.4, 0.5) is 8.78 Å². The van der Waals surface area contributed by atoms with Gasteiger partial charge in [-0.25, -0.2) is 17.2 Å². The fraction of sp³-hybridized carbons (Fsp3) is 0.235. The molecule has 4 nitrogen and oxygen atoms in total. The Morgan fingerprint density at radius 2 is 1.75 bits per heavy atom. The van der Waals surface area contributed by atoms with Gasteiger partial charge in [-0.05, 0) is 36.8 Å². The van der Waals surface area contributed by atoms with Crippen LogP contribution in [-0.4, -0.2) is 37.6 Å². The molecule has 2 aromatic carbocycles. The lowest BCUT2D eigenvalue weighted by Gasteiger charge is -2.17. The van der Waals surface area contributed by atoms with Crippen molar-refractivity contribution in [1.29, 1.82) is 0 Å². The van der Waals surface area contributed by atoms with E-state index >= 15 is 0 Å². The molecule has 0 aromatic heterocycles. The molecule has 7 heteroatoms. The van der Waals surface area contributed by atoms with E-state index in [1.165, 1.54) is 23.1 Å². The molecule has 0 N–H and O–H groups in total. The third-order valence-corrected chi connectivity index (χ3v) is 6.30. The van der Waals surface area contributed by atoms with Crippen molar-refractivity contribution in [2.75, 3.05) is 13.1 Å². The second-order valence-electron chi connectivity index (χ2n) is 5.65. The van der Waals surface area contributed by atoms with E-state index in [-0.39, 0.29) is 23.5 Å². The van der Waals surface area contributed by atoms with Gasteiger partial charge in [-0.15, -0.1) is 0 Å². The van der Waals surface area contributed by atoms with Crippen LogP contribution in [0.15, 0.2) is 53.4 Å². The van der Waals surface area contributed by atoms with Crippen LogP contribution in [0.25, 0.3) is 0 Å². The normalized spacial score (nSPS) is 17.9. The summed E-state index contributed by atoms with van der Waals surface area (Å²) >= 11 is 0. The van der Waals surface area contributed by atoms with E-state index in [4.69, 9.17) is 0 Å². The van der Waals surface area contributed by atoms with E-state index in [9.17, 15) is 22.0 Å². The number of carbonyl (C=O) groups excluding carboxylic acids is 1. The number of rotatable bonds is 3. The van der Waals surface area contributed by atoms with Crippen LogP contribution in [-0.2, 0) is 9.84 Å². The molecule has 1 aliphatic rings. The van der Waals surface area contributed by atoms with Crippen molar-refractivity contribution in [3.63, 3.8) is 0 Å². The molecule has 1 unspecified atom stereocenters. The Hall–Kier alpha value is -2.28. The van der Waals surface area contributed by atoms with Gasteiger partial charge in [-0.3, -0.25) is 4.79 Å². The van der Waals surface area contributed by atoms with E-state index in [0.29, 0.717) is 6.42 Å². The summed E-state index contributed by atoms with van der Waals surface area (Å²) < 4.78 is 51.4. The molecule has 1 amide bonds. The highest BCUT2D eigenvalue weighted by molar-refractivity contribution is 7.92. The van der Waals surface area contributed by atoms with E-state index in [2.05, 4.69) is 0 Å². The lowest BCUT2D eigenvalue weighted by molar-refractivity contribution is 0.0792. The lowest BCUT2D eigenvalue weighted by atomic mass is 10.2. The molecule has 0 saturated carbocycles. The molecule has 0 bridgehead atoms. The van der Waals surface area contributed by atoms with Crippen LogP contribution in [0.5, 0.6) is 0 Å². The molecule has 1 fully saturated rings. The first-order valence-corrected chi connectivity index (χ1v) is 8.97. The van der Waals surface area contributed by atoms with Crippen molar-refractivity contribution >= 4 is 15.7 Å². The van der Waals surface area contributed by atoms with E-state index < -0.39 is 32.6 Å². The number of halogens is 2. The van der Waals surface area contributed by atoms with Crippen LogP contribution in [0, 0.1) is 11.6 Å². The highest BCUT2D eigenvalue weighted by atomic mass is 32.2. The number of nitrogens with zero attached hydrogens (tertiary/aromatic N) is 1. The molecule has 126 valence electrons. The molecule has 0 aliphatic carbocycles. The van der Waals surface area contributed by atoms with Crippen molar-refractivity contribution in [1.82, 2.24) is 4.90 Å². The zero-order valence-corrected chi connectivity index (χ0v) is 13.5. The van der Waals surface area contributed by atoms with E-state index in [1.54, 1.807) is 18.2 Å². The molecule has 0 spiro atoms. The van der Waals surface area contributed by atoms with Crippen molar-refractivity contribution in [2.45, 2.75) is 16.6 Å². The topological polar surface area (TPSA) is 54.5 Å². The Labute approximate surface area is 138 Å². The van der Waals surface area contributed by atoms with E-state index in [0.717, 1.165) is 12.1 Å². The largest absolute Gasteiger partial charge is 0.337 e. The molecule has 1 atom stereocenters. The molecule has 1 saturated heterocycles.